The minimum atomic E-state index is -0.460. The highest BCUT2D eigenvalue weighted by atomic mass is 16.6. The number of carbonyl (C=O) groups is 2. The maximum absolute atomic E-state index is 11.5. The van der Waals surface area contributed by atoms with Gasteiger partial charge in [0, 0.05) is 13.1 Å². The maximum Gasteiger partial charge on any atom is 0.407 e. The predicted octanol–water partition coefficient (Wildman–Crippen LogP) is 1.99. The van der Waals surface area contributed by atoms with Gasteiger partial charge in [0.25, 0.3) is 0 Å². The number of carbonyl (C=O) groups excluding carboxylic acids is 2. The molecule has 1 fully saturated rings. The Labute approximate surface area is 120 Å². The first kappa shape index (κ1) is 16.6. The van der Waals surface area contributed by atoms with Crippen LogP contribution in [0.25, 0.3) is 0 Å². The van der Waals surface area contributed by atoms with E-state index in [1.807, 2.05) is 20.8 Å². The molecule has 0 aliphatic heterocycles. The van der Waals surface area contributed by atoms with E-state index in [9.17, 15) is 9.59 Å². The minimum Gasteiger partial charge on any atom is -0.444 e. The summed E-state index contributed by atoms with van der Waals surface area (Å²) in [6.45, 7) is 6.86. The van der Waals surface area contributed by atoms with Crippen LogP contribution >= 0.6 is 0 Å². The highest BCUT2D eigenvalue weighted by Crippen LogP contribution is 2.27. The van der Waals surface area contributed by atoms with Gasteiger partial charge in [-0.25, -0.2) is 9.59 Å². The van der Waals surface area contributed by atoms with Crippen LogP contribution in [0.3, 0.4) is 0 Å². The standard InChI is InChI=1S/C14H27N3O3/c1-14(2,3)20-13(19)17-9-11-6-4-10(5-7-11)8-16-12(15)18/h10-11H,4-9H2,1-3H3,(H,17,19)(H3,15,16,18). The zero-order chi connectivity index (χ0) is 15.2. The number of nitrogens with two attached hydrogens (primary N) is 1. The lowest BCUT2D eigenvalue weighted by molar-refractivity contribution is 0.0513. The van der Waals surface area contributed by atoms with Crippen molar-refractivity contribution in [3.63, 3.8) is 0 Å². The highest BCUT2D eigenvalue weighted by molar-refractivity contribution is 5.71. The van der Waals surface area contributed by atoms with Gasteiger partial charge in [-0.2, -0.15) is 0 Å². The van der Waals surface area contributed by atoms with Crippen LogP contribution in [0.4, 0.5) is 9.59 Å². The quantitative estimate of drug-likeness (QED) is 0.737. The first-order valence-corrected chi connectivity index (χ1v) is 7.26. The van der Waals surface area contributed by atoms with Gasteiger partial charge in [0.15, 0.2) is 0 Å². The Hall–Kier alpha value is -1.46. The molecule has 0 radical (unpaired) electrons. The van der Waals surface area contributed by atoms with Crippen LogP contribution in [0.15, 0.2) is 0 Å². The van der Waals surface area contributed by atoms with Crippen LogP contribution in [0.5, 0.6) is 0 Å². The molecule has 0 aromatic carbocycles. The largest absolute Gasteiger partial charge is 0.444 e. The average molecular weight is 285 g/mol. The van der Waals surface area contributed by atoms with Crippen LogP contribution in [-0.2, 0) is 4.74 Å². The van der Waals surface area contributed by atoms with Gasteiger partial charge < -0.3 is 21.1 Å². The number of rotatable bonds is 4. The number of nitrogens with one attached hydrogen (secondary N) is 2. The summed E-state index contributed by atoms with van der Waals surface area (Å²) in [6.07, 6.45) is 3.87. The number of hydrogen-bond donors (Lipinski definition) is 3. The van der Waals surface area contributed by atoms with Gasteiger partial charge in [-0.1, -0.05) is 0 Å². The summed E-state index contributed by atoms with van der Waals surface area (Å²) in [4.78, 5) is 22.2. The second-order valence-corrected chi connectivity index (χ2v) is 6.51. The maximum atomic E-state index is 11.5. The van der Waals surface area contributed by atoms with Crippen LogP contribution in [0.2, 0.25) is 0 Å². The Kier molecular flexibility index (Phi) is 6.10. The predicted molar refractivity (Wildman–Crippen MR) is 77.3 cm³/mol. The first-order chi connectivity index (χ1) is 9.26. The number of amides is 3. The van der Waals surface area contributed by atoms with Gasteiger partial charge in [0.05, 0.1) is 0 Å². The summed E-state index contributed by atoms with van der Waals surface area (Å²) in [5.41, 5.74) is 4.60. The fraction of sp³-hybridized carbons (Fsp3) is 0.857. The van der Waals surface area contributed by atoms with Crippen LogP contribution < -0.4 is 16.4 Å². The molecule has 1 aliphatic carbocycles. The van der Waals surface area contributed by atoms with Crippen molar-refractivity contribution < 1.29 is 14.3 Å². The fourth-order valence-electron chi connectivity index (χ4n) is 2.43. The Morgan fingerprint density at radius 1 is 1.05 bits per heavy atom. The van der Waals surface area contributed by atoms with Gasteiger partial charge in [0.2, 0.25) is 0 Å². The number of ether oxygens (including phenoxy) is 1. The summed E-state index contributed by atoms with van der Waals surface area (Å²) < 4.78 is 5.20. The Balaban J connectivity index is 2.16. The molecule has 0 aromatic rings. The van der Waals surface area contributed by atoms with E-state index >= 15 is 0 Å². The van der Waals surface area contributed by atoms with Crippen LogP contribution in [0, 0.1) is 11.8 Å². The van der Waals surface area contributed by atoms with Crippen molar-refractivity contribution in [2.45, 2.75) is 52.1 Å². The van der Waals surface area contributed by atoms with Crippen molar-refractivity contribution in [1.29, 1.82) is 0 Å². The van der Waals surface area contributed by atoms with Crippen molar-refractivity contribution in [3.05, 3.63) is 0 Å². The number of hydrogen-bond acceptors (Lipinski definition) is 3. The minimum absolute atomic E-state index is 0.352. The summed E-state index contributed by atoms with van der Waals surface area (Å²) in [5, 5.41) is 5.48. The number of alkyl carbamates (subject to hydrolysis) is 1. The molecule has 0 spiro atoms. The second-order valence-electron chi connectivity index (χ2n) is 6.51. The monoisotopic (exact) mass is 285 g/mol. The molecule has 116 valence electrons. The molecule has 0 saturated heterocycles. The Morgan fingerprint density at radius 2 is 1.50 bits per heavy atom. The van der Waals surface area contributed by atoms with Gasteiger partial charge in [0.1, 0.15) is 5.60 Å². The molecule has 1 rings (SSSR count). The molecule has 0 aromatic heterocycles. The van der Waals surface area contributed by atoms with Gasteiger partial charge >= 0.3 is 12.1 Å². The molecule has 6 heteroatoms. The molecule has 0 atom stereocenters. The lowest BCUT2D eigenvalue weighted by Crippen LogP contribution is -2.38. The average Bonchev–Trinajstić information content (AvgIpc) is 2.33. The van der Waals surface area contributed by atoms with Gasteiger partial charge in [-0.3, -0.25) is 0 Å². The molecule has 0 bridgehead atoms. The van der Waals surface area contributed by atoms with E-state index in [1.165, 1.54) is 0 Å². The smallest absolute Gasteiger partial charge is 0.407 e. The van der Waals surface area contributed by atoms with E-state index in [-0.39, 0.29) is 6.09 Å². The van der Waals surface area contributed by atoms with Crippen molar-refractivity contribution in [2.24, 2.45) is 17.6 Å². The SMILES string of the molecule is CC(C)(C)OC(=O)NCC1CCC(CNC(N)=O)CC1. The molecule has 0 unspecified atom stereocenters. The Bertz CT molecular complexity index is 331. The van der Waals surface area contributed by atoms with Crippen LogP contribution in [-0.4, -0.2) is 30.8 Å². The zero-order valence-electron chi connectivity index (χ0n) is 12.7. The molecule has 1 saturated carbocycles. The Morgan fingerprint density at radius 3 is 1.90 bits per heavy atom. The van der Waals surface area contributed by atoms with Gasteiger partial charge in [-0.05, 0) is 58.3 Å². The van der Waals surface area contributed by atoms with Crippen molar-refractivity contribution in [1.82, 2.24) is 10.6 Å². The molecule has 6 nitrogen and oxygen atoms in total. The lowest BCUT2D eigenvalue weighted by Gasteiger charge is -2.29. The second kappa shape index (κ2) is 7.36. The van der Waals surface area contributed by atoms with E-state index in [0.717, 1.165) is 25.7 Å². The van der Waals surface area contributed by atoms with Crippen molar-refractivity contribution >= 4 is 12.1 Å². The lowest BCUT2D eigenvalue weighted by atomic mass is 9.82. The zero-order valence-corrected chi connectivity index (χ0v) is 12.7. The summed E-state index contributed by atoms with van der Waals surface area (Å²) >= 11 is 0. The first-order valence-electron chi connectivity index (χ1n) is 7.26. The summed E-state index contributed by atoms with van der Waals surface area (Å²) in [7, 11) is 0. The molecule has 4 N–H and O–H groups in total. The third-order valence-electron chi connectivity index (χ3n) is 3.47. The third kappa shape index (κ3) is 7.21. The number of primary amides is 1. The highest BCUT2D eigenvalue weighted by Gasteiger charge is 2.22. The molecular weight excluding hydrogens is 258 g/mol. The van der Waals surface area contributed by atoms with Crippen molar-refractivity contribution in [3.8, 4) is 0 Å². The molecule has 1 aliphatic rings. The topological polar surface area (TPSA) is 93.4 Å². The van der Waals surface area contributed by atoms with E-state index in [2.05, 4.69) is 10.6 Å². The van der Waals surface area contributed by atoms with Gasteiger partial charge in [-0.15, -0.1) is 0 Å². The van der Waals surface area contributed by atoms with E-state index in [1.54, 1.807) is 0 Å². The summed E-state index contributed by atoms with van der Waals surface area (Å²) in [5.74, 6) is 0.993. The summed E-state index contributed by atoms with van der Waals surface area (Å²) in [6, 6.07) is -0.460. The molecule has 3 amide bonds. The van der Waals surface area contributed by atoms with Crippen LogP contribution in [0.1, 0.15) is 46.5 Å². The van der Waals surface area contributed by atoms with Crippen molar-refractivity contribution in [2.75, 3.05) is 13.1 Å². The third-order valence-corrected chi connectivity index (χ3v) is 3.47. The normalized spacial score (nSPS) is 22.9. The van der Waals surface area contributed by atoms with E-state index in [0.29, 0.717) is 24.9 Å². The van der Waals surface area contributed by atoms with E-state index in [4.69, 9.17) is 10.5 Å². The fourth-order valence-corrected chi connectivity index (χ4v) is 2.43. The molecule has 20 heavy (non-hydrogen) atoms. The molecular formula is C14H27N3O3. The van der Waals surface area contributed by atoms with E-state index < -0.39 is 11.6 Å². The molecule has 0 heterocycles. The number of urea groups is 1.